The van der Waals surface area contributed by atoms with Crippen LogP contribution in [0, 0.1) is 0 Å². The van der Waals surface area contributed by atoms with Crippen LogP contribution in [0.1, 0.15) is 84.5 Å². The Morgan fingerprint density at radius 1 is 0.646 bits per heavy atom. The maximum atomic E-state index is 12.6. The van der Waals surface area contributed by atoms with Gasteiger partial charge in [-0.1, -0.05) is 117 Å². The Kier molecular flexibility index (Phi) is 28.2. The molecule has 48 heavy (non-hydrogen) atoms. The molecule has 268 valence electrons. The van der Waals surface area contributed by atoms with Crippen molar-refractivity contribution in [1.29, 1.82) is 0 Å². The molecule has 0 fully saturated rings. The standard InChI is InChI=1S/C40H61NO7/c1-6-8-10-12-14-15-16-17-18-19-20-21-22-23-25-27-29-31-39(43)48-36(34-46-33-32-37(40(44)45)41(3,4)5)35-47-38(42)30-28-26-24-13-11-9-7-2/h8-12,14-22,24,26,36-37H,6-7,13,23,25,27-35H2,1-5H3/p+1/b10-8+,11-9+,14-12+,16-15+,18-17+,20-19+,22-21+,26-24+. The van der Waals surface area contributed by atoms with Crippen molar-refractivity contribution < 1.29 is 38.2 Å². The summed E-state index contributed by atoms with van der Waals surface area (Å²) in [5, 5.41) is 9.55. The van der Waals surface area contributed by atoms with Gasteiger partial charge in [-0.3, -0.25) is 9.59 Å². The SMILES string of the molecule is CC/C=C/C=C/C=C/C=C/C=C/C=C/CCCCCC(=O)OC(COCCC(C(=O)O)[N+](C)(C)C)COC(=O)CC/C=C/C/C=C/CC. The van der Waals surface area contributed by atoms with Crippen molar-refractivity contribution in [3.8, 4) is 0 Å². The van der Waals surface area contributed by atoms with Crippen LogP contribution in [0.5, 0.6) is 0 Å². The number of allylic oxidation sites excluding steroid dienone is 16. The first-order chi connectivity index (χ1) is 23.1. The number of carboxylic acid groups (broad SMARTS) is 1. The summed E-state index contributed by atoms with van der Waals surface area (Å²) in [6, 6.07) is -0.634. The summed E-state index contributed by atoms with van der Waals surface area (Å²) in [6.07, 6.45) is 39.2. The van der Waals surface area contributed by atoms with Gasteiger partial charge in [0.2, 0.25) is 0 Å². The molecular weight excluding hydrogens is 606 g/mol. The first-order valence-electron chi connectivity index (χ1n) is 17.4. The smallest absolute Gasteiger partial charge is 0.362 e. The van der Waals surface area contributed by atoms with E-state index in [1.54, 1.807) is 0 Å². The predicted molar refractivity (Wildman–Crippen MR) is 196 cm³/mol. The molecule has 0 rings (SSSR count). The largest absolute Gasteiger partial charge is 0.477 e. The van der Waals surface area contributed by atoms with E-state index in [1.165, 1.54) is 0 Å². The Hall–Kier alpha value is -3.75. The lowest BCUT2D eigenvalue weighted by Crippen LogP contribution is -2.50. The summed E-state index contributed by atoms with van der Waals surface area (Å²) in [4.78, 5) is 36.5. The minimum Gasteiger partial charge on any atom is -0.477 e. The molecule has 0 spiro atoms. The third-order valence-electron chi connectivity index (χ3n) is 6.90. The van der Waals surface area contributed by atoms with Crippen molar-refractivity contribution >= 4 is 17.9 Å². The fraction of sp³-hybridized carbons (Fsp3) is 0.525. The summed E-state index contributed by atoms with van der Waals surface area (Å²) in [6.45, 7) is 4.27. The quantitative estimate of drug-likeness (QED) is 0.0294. The third-order valence-corrected chi connectivity index (χ3v) is 6.90. The Morgan fingerprint density at radius 2 is 1.25 bits per heavy atom. The van der Waals surface area contributed by atoms with Crippen LogP contribution in [0.15, 0.2) is 97.2 Å². The topological polar surface area (TPSA) is 99.1 Å². The van der Waals surface area contributed by atoms with Crippen LogP contribution in [-0.2, 0) is 28.6 Å². The molecule has 0 aromatic carbocycles. The summed E-state index contributed by atoms with van der Waals surface area (Å²) >= 11 is 0. The van der Waals surface area contributed by atoms with Gasteiger partial charge in [0.25, 0.3) is 0 Å². The van der Waals surface area contributed by atoms with Crippen molar-refractivity contribution in [3.63, 3.8) is 0 Å². The van der Waals surface area contributed by atoms with Crippen molar-refractivity contribution in [2.24, 2.45) is 0 Å². The second kappa shape index (κ2) is 30.6. The number of likely N-dealkylation sites (N-methyl/N-ethyl adjacent to an activating group) is 1. The summed E-state index contributed by atoms with van der Waals surface area (Å²) < 4.78 is 17.0. The summed E-state index contributed by atoms with van der Waals surface area (Å²) in [7, 11) is 5.46. The maximum absolute atomic E-state index is 12.6. The number of nitrogens with zero attached hydrogens (tertiary/aromatic N) is 1. The van der Waals surface area contributed by atoms with Crippen molar-refractivity contribution in [1.82, 2.24) is 0 Å². The van der Waals surface area contributed by atoms with E-state index < -0.39 is 18.1 Å². The number of carboxylic acids is 1. The van der Waals surface area contributed by atoms with Crippen LogP contribution in [0.3, 0.4) is 0 Å². The molecule has 1 N–H and O–H groups in total. The molecule has 0 aromatic heterocycles. The number of esters is 2. The van der Waals surface area contributed by atoms with Gasteiger partial charge in [-0.15, -0.1) is 0 Å². The van der Waals surface area contributed by atoms with Gasteiger partial charge in [0.05, 0.1) is 34.4 Å². The lowest BCUT2D eigenvalue weighted by atomic mass is 10.1. The number of rotatable bonds is 28. The minimum absolute atomic E-state index is 0.0175. The van der Waals surface area contributed by atoms with Crippen LogP contribution in [0.4, 0.5) is 0 Å². The predicted octanol–water partition coefficient (Wildman–Crippen LogP) is 8.40. The number of unbranched alkanes of at least 4 members (excludes halogenated alkanes) is 3. The molecule has 8 heteroatoms. The zero-order chi connectivity index (χ0) is 35.7. The minimum atomic E-state index is -0.898. The van der Waals surface area contributed by atoms with E-state index in [2.05, 4.69) is 38.2 Å². The summed E-state index contributed by atoms with van der Waals surface area (Å²) in [5.41, 5.74) is 0. The second-order valence-corrected chi connectivity index (χ2v) is 12.2. The maximum Gasteiger partial charge on any atom is 0.362 e. The number of carbonyl (C=O) groups excluding carboxylic acids is 2. The molecule has 0 aliphatic rings. The van der Waals surface area contributed by atoms with E-state index in [4.69, 9.17) is 14.2 Å². The Bertz CT molecular complexity index is 1100. The highest BCUT2D eigenvalue weighted by Gasteiger charge is 2.31. The van der Waals surface area contributed by atoms with Crippen LogP contribution in [0.25, 0.3) is 0 Å². The number of hydrogen-bond acceptors (Lipinski definition) is 6. The van der Waals surface area contributed by atoms with Crippen LogP contribution in [-0.4, -0.2) is 80.6 Å². The summed E-state index contributed by atoms with van der Waals surface area (Å²) in [5.74, 6) is -1.64. The van der Waals surface area contributed by atoms with Crippen molar-refractivity contribution in [2.75, 3.05) is 41.0 Å². The molecule has 0 heterocycles. The van der Waals surface area contributed by atoms with Gasteiger partial charge in [0.15, 0.2) is 12.1 Å². The van der Waals surface area contributed by atoms with Gasteiger partial charge in [-0.2, -0.15) is 0 Å². The molecule has 0 aliphatic carbocycles. The van der Waals surface area contributed by atoms with Crippen LogP contribution < -0.4 is 0 Å². The highest BCUT2D eigenvalue weighted by molar-refractivity contribution is 5.72. The Balaban J connectivity index is 4.61. The Labute approximate surface area is 290 Å². The highest BCUT2D eigenvalue weighted by atomic mass is 16.6. The van der Waals surface area contributed by atoms with E-state index in [0.717, 1.165) is 38.5 Å². The average Bonchev–Trinajstić information content (AvgIpc) is 3.03. The Morgan fingerprint density at radius 3 is 1.85 bits per heavy atom. The van der Waals surface area contributed by atoms with E-state index in [0.29, 0.717) is 19.3 Å². The van der Waals surface area contributed by atoms with Gasteiger partial charge in [0, 0.05) is 19.3 Å². The molecule has 2 atom stereocenters. The highest BCUT2D eigenvalue weighted by Crippen LogP contribution is 2.10. The molecule has 0 radical (unpaired) electrons. The first-order valence-corrected chi connectivity index (χ1v) is 17.4. The van der Waals surface area contributed by atoms with E-state index in [-0.39, 0.29) is 49.1 Å². The van der Waals surface area contributed by atoms with Crippen LogP contribution >= 0.6 is 0 Å². The molecule has 0 saturated carbocycles. The zero-order valence-corrected chi connectivity index (χ0v) is 30.1. The zero-order valence-electron chi connectivity index (χ0n) is 30.1. The molecule has 8 nitrogen and oxygen atoms in total. The third kappa shape index (κ3) is 28.5. The number of hydrogen-bond donors (Lipinski definition) is 1. The second-order valence-electron chi connectivity index (χ2n) is 12.2. The van der Waals surface area contributed by atoms with E-state index >= 15 is 0 Å². The lowest BCUT2D eigenvalue weighted by Gasteiger charge is -2.31. The normalized spacial score (nSPS) is 14.3. The van der Waals surface area contributed by atoms with Gasteiger partial charge < -0.3 is 23.8 Å². The fourth-order valence-electron chi connectivity index (χ4n) is 4.24. The molecule has 0 bridgehead atoms. The number of aliphatic carboxylic acids is 1. The number of quaternary nitrogens is 1. The molecular formula is C40H62NO7+. The molecule has 2 unspecified atom stereocenters. The molecule has 0 saturated heterocycles. The van der Waals surface area contributed by atoms with E-state index in [9.17, 15) is 19.5 Å². The number of ether oxygens (including phenoxy) is 3. The monoisotopic (exact) mass is 668 g/mol. The van der Waals surface area contributed by atoms with Crippen LogP contribution in [0.2, 0.25) is 0 Å². The fourth-order valence-corrected chi connectivity index (χ4v) is 4.24. The molecule has 0 amide bonds. The lowest BCUT2D eigenvalue weighted by molar-refractivity contribution is -0.887. The van der Waals surface area contributed by atoms with Gasteiger partial charge in [0.1, 0.15) is 6.61 Å². The van der Waals surface area contributed by atoms with E-state index in [1.807, 2.05) is 94.1 Å². The van der Waals surface area contributed by atoms with Gasteiger partial charge in [-0.25, -0.2) is 4.79 Å². The van der Waals surface area contributed by atoms with Gasteiger partial charge in [-0.05, 0) is 44.9 Å². The molecule has 0 aromatic rings. The van der Waals surface area contributed by atoms with Crippen molar-refractivity contribution in [2.45, 2.75) is 96.6 Å². The molecule has 0 aliphatic heterocycles. The van der Waals surface area contributed by atoms with Crippen molar-refractivity contribution in [3.05, 3.63) is 97.2 Å². The van der Waals surface area contributed by atoms with Gasteiger partial charge >= 0.3 is 17.9 Å². The first kappa shape index (κ1) is 44.2. The number of carbonyl (C=O) groups is 3. The average molecular weight is 669 g/mol.